The summed E-state index contributed by atoms with van der Waals surface area (Å²) in [6.45, 7) is 2.32. The molecule has 1 N–H and O–H groups in total. The maximum atomic E-state index is 12.2. The van der Waals surface area contributed by atoms with E-state index in [4.69, 9.17) is 16.3 Å². The summed E-state index contributed by atoms with van der Waals surface area (Å²) < 4.78 is 5.09. The first-order valence-electron chi connectivity index (χ1n) is 7.58. The minimum absolute atomic E-state index is 0.107. The molecule has 0 spiro atoms. The first-order valence-corrected chi connectivity index (χ1v) is 7.96. The predicted molar refractivity (Wildman–Crippen MR) is 94.5 cm³/mol. The number of benzene rings is 1. The molecule has 24 heavy (non-hydrogen) atoms. The molecule has 0 unspecified atom stereocenters. The number of anilines is 1. The van der Waals surface area contributed by atoms with Crippen LogP contribution in [-0.4, -0.2) is 47.5 Å². The quantitative estimate of drug-likeness (QED) is 0.833. The molecule has 7 heteroatoms. The van der Waals surface area contributed by atoms with Crippen molar-refractivity contribution >= 4 is 23.2 Å². The predicted octanol–water partition coefficient (Wildman–Crippen LogP) is 2.64. The highest BCUT2D eigenvalue weighted by Crippen LogP contribution is 2.27. The fourth-order valence-corrected chi connectivity index (χ4v) is 2.48. The highest BCUT2D eigenvalue weighted by atomic mass is 35.5. The van der Waals surface area contributed by atoms with Crippen LogP contribution >= 0.6 is 11.6 Å². The van der Waals surface area contributed by atoms with Gasteiger partial charge in [-0.1, -0.05) is 11.6 Å². The number of methoxy groups -OCH3 is 1. The number of aromatic nitrogens is 2. The van der Waals surface area contributed by atoms with Gasteiger partial charge in [-0.05, 0) is 32.2 Å². The van der Waals surface area contributed by atoms with Gasteiger partial charge in [0, 0.05) is 36.7 Å². The Kier molecular flexibility index (Phi) is 6.52. The van der Waals surface area contributed by atoms with E-state index in [0.717, 1.165) is 12.1 Å². The van der Waals surface area contributed by atoms with Crippen molar-refractivity contribution in [3.05, 3.63) is 47.5 Å². The lowest BCUT2D eigenvalue weighted by Gasteiger charge is -2.23. The van der Waals surface area contributed by atoms with Crippen LogP contribution in [0.25, 0.3) is 0 Å². The van der Waals surface area contributed by atoms with E-state index in [9.17, 15) is 4.79 Å². The van der Waals surface area contributed by atoms with Crippen LogP contribution in [0.4, 0.5) is 5.69 Å². The normalized spacial score (nSPS) is 12.0. The fraction of sp³-hybridized carbons (Fsp3) is 0.353. The number of nitrogens with zero attached hydrogens (tertiary/aromatic N) is 3. The van der Waals surface area contributed by atoms with Gasteiger partial charge in [0.2, 0.25) is 5.91 Å². The lowest BCUT2D eigenvalue weighted by molar-refractivity contribution is -0.117. The van der Waals surface area contributed by atoms with Crippen molar-refractivity contribution in [3.8, 4) is 5.75 Å². The Labute approximate surface area is 146 Å². The third-order valence-corrected chi connectivity index (χ3v) is 4.00. The maximum Gasteiger partial charge on any atom is 0.238 e. The number of carbonyl (C=O) groups is 1. The zero-order valence-corrected chi connectivity index (χ0v) is 14.7. The smallest absolute Gasteiger partial charge is 0.238 e. The molecule has 0 fully saturated rings. The Bertz CT molecular complexity index is 682. The molecule has 0 aliphatic heterocycles. The number of likely N-dealkylation sites (N-methyl/N-ethyl adjacent to an activating group) is 1. The van der Waals surface area contributed by atoms with Gasteiger partial charge in [0.15, 0.2) is 0 Å². The molecule has 0 saturated heterocycles. The molecular formula is C17H21ClN4O2. The SMILES string of the molecule is COc1ccc(NC(=O)CN(C)[C@@H](C)Cc2cnccn2)cc1Cl. The van der Waals surface area contributed by atoms with E-state index in [2.05, 4.69) is 15.3 Å². The number of ether oxygens (including phenoxy) is 1. The van der Waals surface area contributed by atoms with Gasteiger partial charge in [-0.3, -0.25) is 19.7 Å². The lowest BCUT2D eigenvalue weighted by Crippen LogP contribution is -2.37. The molecule has 128 valence electrons. The Balaban J connectivity index is 1.88. The molecular weight excluding hydrogens is 328 g/mol. The van der Waals surface area contributed by atoms with Gasteiger partial charge in [-0.25, -0.2) is 0 Å². The number of rotatable bonds is 7. The first kappa shape index (κ1) is 18.2. The van der Waals surface area contributed by atoms with Crippen molar-refractivity contribution in [2.24, 2.45) is 0 Å². The summed E-state index contributed by atoms with van der Waals surface area (Å²) in [5, 5.41) is 3.29. The molecule has 2 rings (SSSR count). The standard InChI is InChI=1S/C17H21ClN4O2/c1-12(8-14-10-19-6-7-20-14)22(2)11-17(23)21-13-4-5-16(24-3)15(18)9-13/h4-7,9-10,12H,8,11H2,1-3H3,(H,21,23)/t12-/m0/s1. The van der Waals surface area contributed by atoms with Crippen LogP contribution in [0.1, 0.15) is 12.6 Å². The van der Waals surface area contributed by atoms with E-state index < -0.39 is 0 Å². The summed E-state index contributed by atoms with van der Waals surface area (Å²) in [6.07, 6.45) is 5.78. The zero-order valence-electron chi connectivity index (χ0n) is 14.0. The van der Waals surface area contributed by atoms with Crippen LogP contribution in [0.5, 0.6) is 5.75 Å². The van der Waals surface area contributed by atoms with Crippen LogP contribution in [0, 0.1) is 0 Å². The summed E-state index contributed by atoms with van der Waals surface area (Å²) in [7, 11) is 3.45. The third kappa shape index (κ3) is 5.18. The second-order valence-electron chi connectivity index (χ2n) is 5.56. The van der Waals surface area contributed by atoms with Gasteiger partial charge in [0.05, 0.1) is 24.4 Å². The second kappa shape index (κ2) is 8.61. The Morgan fingerprint density at radius 2 is 2.21 bits per heavy atom. The molecule has 0 radical (unpaired) electrons. The van der Waals surface area contributed by atoms with Gasteiger partial charge >= 0.3 is 0 Å². The van der Waals surface area contributed by atoms with Crippen molar-refractivity contribution < 1.29 is 9.53 Å². The Morgan fingerprint density at radius 3 is 2.83 bits per heavy atom. The number of hydrogen-bond acceptors (Lipinski definition) is 5. The molecule has 0 bridgehead atoms. The van der Waals surface area contributed by atoms with Crippen LogP contribution in [-0.2, 0) is 11.2 Å². The minimum Gasteiger partial charge on any atom is -0.495 e. The topological polar surface area (TPSA) is 67.3 Å². The van der Waals surface area contributed by atoms with E-state index in [1.54, 1.807) is 43.9 Å². The van der Waals surface area contributed by atoms with Crippen molar-refractivity contribution in [2.45, 2.75) is 19.4 Å². The number of hydrogen-bond donors (Lipinski definition) is 1. The fourth-order valence-electron chi connectivity index (χ4n) is 2.22. The van der Waals surface area contributed by atoms with E-state index in [1.807, 2.05) is 18.9 Å². The van der Waals surface area contributed by atoms with Crippen molar-refractivity contribution in [2.75, 3.05) is 26.0 Å². The molecule has 0 aliphatic carbocycles. The summed E-state index contributed by atoms with van der Waals surface area (Å²) in [5.74, 6) is 0.467. The van der Waals surface area contributed by atoms with E-state index >= 15 is 0 Å². The molecule has 1 aromatic carbocycles. The average molecular weight is 349 g/mol. The van der Waals surface area contributed by atoms with Crippen LogP contribution in [0.2, 0.25) is 5.02 Å². The van der Waals surface area contributed by atoms with Gasteiger partial charge in [-0.15, -0.1) is 0 Å². The van der Waals surface area contributed by atoms with Gasteiger partial charge in [-0.2, -0.15) is 0 Å². The van der Waals surface area contributed by atoms with Gasteiger partial charge < -0.3 is 10.1 Å². The van der Waals surface area contributed by atoms with Crippen molar-refractivity contribution in [1.29, 1.82) is 0 Å². The Hall–Kier alpha value is -2.18. The second-order valence-corrected chi connectivity index (χ2v) is 5.97. The van der Waals surface area contributed by atoms with Crippen molar-refractivity contribution in [3.63, 3.8) is 0 Å². The number of nitrogens with one attached hydrogen (secondary N) is 1. The molecule has 0 aliphatic rings. The number of amides is 1. The largest absolute Gasteiger partial charge is 0.495 e. The average Bonchev–Trinajstić information content (AvgIpc) is 2.55. The molecule has 0 saturated carbocycles. The van der Waals surface area contributed by atoms with Crippen molar-refractivity contribution in [1.82, 2.24) is 14.9 Å². The van der Waals surface area contributed by atoms with E-state index in [1.165, 1.54) is 0 Å². The first-order chi connectivity index (χ1) is 11.5. The highest BCUT2D eigenvalue weighted by molar-refractivity contribution is 6.32. The highest BCUT2D eigenvalue weighted by Gasteiger charge is 2.15. The molecule has 2 aromatic rings. The number of halogens is 1. The number of carbonyl (C=O) groups excluding carboxylic acids is 1. The lowest BCUT2D eigenvalue weighted by atomic mass is 10.1. The summed E-state index contributed by atoms with van der Waals surface area (Å²) >= 11 is 6.06. The third-order valence-electron chi connectivity index (χ3n) is 3.70. The molecule has 1 aromatic heterocycles. The van der Waals surface area contributed by atoms with Crippen LogP contribution in [0.3, 0.4) is 0 Å². The van der Waals surface area contributed by atoms with Crippen LogP contribution in [0.15, 0.2) is 36.8 Å². The Morgan fingerprint density at radius 1 is 1.42 bits per heavy atom. The van der Waals surface area contributed by atoms with E-state index in [-0.39, 0.29) is 18.5 Å². The zero-order chi connectivity index (χ0) is 17.5. The molecule has 6 nitrogen and oxygen atoms in total. The minimum atomic E-state index is -0.107. The maximum absolute atomic E-state index is 12.2. The molecule has 1 heterocycles. The summed E-state index contributed by atoms with van der Waals surface area (Å²) in [6, 6.07) is 5.30. The monoisotopic (exact) mass is 348 g/mol. The van der Waals surface area contributed by atoms with E-state index in [0.29, 0.717) is 16.5 Å². The van der Waals surface area contributed by atoms with Gasteiger partial charge in [0.1, 0.15) is 5.75 Å². The molecule has 1 amide bonds. The van der Waals surface area contributed by atoms with Crippen LogP contribution < -0.4 is 10.1 Å². The summed E-state index contributed by atoms with van der Waals surface area (Å²) in [4.78, 5) is 22.5. The summed E-state index contributed by atoms with van der Waals surface area (Å²) in [5.41, 5.74) is 1.54. The molecule has 1 atom stereocenters. The van der Waals surface area contributed by atoms with Gasteiger partial charge in [0.25, 0.3) is 0 Å².